The number of hydrogen-bond donors (Lipinski definition) is 1. The fourth-order valence-corrected chi connectivity index (χ4v) is 1.30. The Hall–Kier alpha value is -1.75. The van der Waals surface area contributed by atoms with Crippen molar-refractivity contribution in [1.82, 2.24) is 0 Å². The average molecular weight is 239 g/mol. The Balaban J connectivity index is 2.85. The van der Waals surface area contributed by atoms with E-state index in [1.165, 1.54) is 0 Å². The summed E-state index contributed by atoms with van der Waals surface area (Å²) in [6.45, 7) is 2.68. The lowest BCUT2D eigenvalue weighted by molar-refractivity contribution is 0.144. The van der Waals surface area contributed by atoms with E-state index in [4.69, 9.17) is 19.4 Å². The van der Waals surface area contributed by atoms with Crippen LogP contribution in [0.1, 0.15) is 12.5 Å². The summed E-state index contributed by atoms with van der Waals surface area (Å²) in [6.07, 6.45) is 0. The Morgan fingerprint density at radius 1 is 1.24 bits per heavy atom. The second-order valence-electron chi connectivity index (χ2n) is 3.39. The van der Waals surface area contributed by atoms with Gasteiger partial charge in [0.05, 0.1) is 19.4 Å². The van der Waals surface area contributed by atoms with Gasteiger partial charge in [0.1, 0.15) is 6.61 Å². The normalized spacial score (nSPS) is 11.4. The van der Waals surface area contributed by atoms with Crippen molar-refractivity contribution < 1.29 is 19.4 Å². The molecular weight excluding hydrogens is 222 g/mol. The van der Waals surface area contributed by atoms with Crippen LogP contribution in [0.4, 0.5) is 0 Å². The molecule has 0 amide bonds. The lowest BCUT2D eigenvalue weighted by Crippen LogP contribution is -2.06. The zero-order valence-corrected chi connectivity index (χ0v) is 10.3. The predicted molar refractivity (Wildman–Crippen MR) is 64.4 cm³/mol. The maximum atomic E-state index is 8.69. The van der Waals surface area contributed by atoms with Gasteiger partial charge in [-0.2, -0.15) is 0 Å². The van der Waals surface area contributed by atoms with Crippen LogP contribution in [-0.4, -0.2) is 38.4 Å². The smallest absolute Gasteiger partial charge is 0.161 e. The monoisotopic (exact) mass is 239 g/mol. The lowest BCUT2D eigenvalue weighted by Gasteiger charge is -2.11. The van der Waals surface area contributed by atoms with E-state index in [1.54, 1.807) is 39.3 Å². The molecular formula is C12H17NO4. The molecule has 0 radical (unpaired) electrons. The topological polar surface area (TPSA) is 60.3 Å². The third-order valence-electron chi connectivity index (χ3n) is 2.28. The molecule has 0 saturated carbocycles. The summed E-state index contributed by atoms with van der Waals surface area (Å²) in [6, 6.07) is 5.34. The zero-order chi connectivity index (χ0) is 12.7. The van der Waals surface area contributed by atoms with Crippen LogP contribution in [-0.2, 0) is 4.74 Å². The van der Waals surface area contributed by atoms with Crippen LogP contribution in [0, 0.1) is 0 Å². The van der Waals surface area contributed by atoms with Crippen molar-refractivity contribution in [2.24, 2.45) is 5.16 Å². The second-order valence-corrected chi connectivity index (χ2v) is 3.39. The van der Waals surface area contributed by atoms with E-state index >= 15 is 0 Å². The van der Waals surface area contributed by atoms with E-state index in [0.29, 0.717) is 30.4 Å². The van der Waals surface area contributed by atoms with E-state index in [-0.39, 0.29) is 0 Å². The number of methoxy groups -OCH3 is 2. The summed E-state index contributed by atoms with van der Waals surface area (Å²) in [4.78, 5) is 0. The molecule has 5 heteroatoms. The maximum absolute atomic E-state index is 8.69. The molecule has 0 bridgehead atoms. The summed E-state index contributed by atoms with van der Waals surface area (Å²) < 4.78 is 15.6. The molecule has 1 aromatic rings. The summed E-state index contributed by atoms with van der Waals surface area (Å²) in [5, 5.41) is 11.8. The van der Waals surface area contributed by atoms with Crippen LogP contribution in [0.3, 0.4) is 0 Å². The van der Waals surface area contributed by atoms with Crippen molar-refractivity contribution in [2.75, 3.05) is 27.4 Å². The van der Waals surface area contributed by atoms with Crippen molar-refractivity contribution in [1.29, 1.82) is 0 Å². The van der Waals surface area contributed by atoms with Crippen LogP contribution in [0.15, 0.2) is 23.4 Å². The molecule has 0 aromatic heterocycles. The minimum absolute atomic E-state index is 0.458. The molecule has 5 nitrogen and oxygen atoms in total. The van der Waals surface area contributed by atoms with Crippen LogP contribution in [0.2, 0.25) is 0 Å². The quantitative estimate of drug-likeness (QED) is 0.356. The first-order valence-electron chi connectivity index (χ1n) is 5.21. The third kappa shape index (κ3) is 3.64. The van der Waals surface area contributed by atoms with Crippen LogP contribution in [0.25, 0.3) is 0 Å². The predicted octanol–water partition coefficient (Wildman–Crippen LogP) is 1.92. The van der Waals surface area contributed by atoms with Gasteiger partial charge in [-0.25, -0.2) is 0 Å². The third-order valence-corrected chi connectivity index (χ3v) is 2.28. The number of oxime groups is 1. The summed E-state index contributed by atoms with van der Waals surface area (Å²) in [7, 11) is 3.18. The van der Waals surface area contributed by atoms with Crippen molar-refractivity contribution in [2.45, 2.75) is 6.92 Å². The van der Waals surface area contributed by atoms with Crippen molar-refractivity contribution in [3.05, 3.63) is 23.8 Å². The Morgan fingerprint density at radius 2 is 2.00 bits per heavy atom. The number of rotatable bonds is 6. The molecule has 0 spiro atoms. The average Bonchev–Trinajstić information content (AvgIpc) is 2.38. The minimum Gasteiger partial charge on any atom is -0.493 e. The number of benzene rings is 1. The van der Waals surface area contributed by atoms with Gasteiger partial charge in [0.2, 0.25) is 0 Å². The van der Waals surface area contributed by atoms with Gasteiger partial charge in [-0.05, 0) is 25.1 Å². The van der Waals surface area contributed by atoms with E-state index in [0.717, 1.165) is 5.56 Å². The minimum atomic E-state index is 0.458. The first-order valence-corrected chi connectivity index (χ1v) is 5.21. The Morgan fingerprint density at radius 3 is 2.59 bits per heavy atom. The maximum Gasteiger partial charge on any atom is 0.161 e. The highest BCUT2D eigenvalue weighted by Gasteiger charge is 2.07. The first-order chi connectivity index (χ1) is 8.22. The van der Waals surface area contributed by atoms with Crippen molar-refractivity contribution in [3.63, 3.8) is 0 Å². The molecule has 0 aliphatic rings. The molecule has 0 fully saturated rings. The standard InChI is InChI=1S/C12H17NO4/c1-9(13-14)10-4-5-11(12(8-10)16-3)17-7-6-15-2/h4-5,8,14H,6-7H2,1-3H3/b13-9+. The summed E-state index contributed by atoms with van der Waals surface area (Å²) >= 11 is 0. The Bertz CT molecular complexity index is 390. The molecule has 0 aliphatic heterocycles. The SMILES string of the molecule is COCCOc1ccc(/C(C)=N/O)cc1OC. The molecule has 1 N–H and O–H groups in total. The number of nitrogens with zero attached hydrogens (tertiary/aromatic N) is 1. The van der Waals surface area contributed by atoms with Gasteiger partial charge in [0.25, 0.3) is 0 Å². The second kappa shape index (κ2) is 6.75. The molecule has 17 heavy (non-hydrogen) atoms. The zero-order valence-electron chi connectivity index (χ0n) is 10.3. The van der Waals surface area contributed by atoms with Gasteiger partial charge in [0.15, 0.2) is 11.5 Å². The lowest BCUT2D eigenvalue weighted by atomic mass is 10.1. The first kappa shape index (κ1) is 13.3. The van der Waals surface area contributed by atoms with Gasteiger partial charge < -0.3 is 19.4 Å². The molecule has 94 valence electrons. The molecule has 0 saturated heterocycles. The molecule has 1 rings (SSSR count). The molecule has 0 atom stereocenters. The fourth-order valence-electron chi connectivity index (χ4n) is 1.30. The summed E-state index contributed by atoms with van der Waals surface area (Å²) in [5.41, 5.74) is 1.30. The highest BCUT2D eigenvalue weighted by Crippen LogP contribution is 2.28. The number of ether oxygens (including phenoxy) is 3. The fraction of sp³-hybridized carbons (Fsp3) is 0.417. The van der Waals surface area contributed by atoms with Crippen molar-refractivity contribution >= 4 is 5.71 Å². The highest BCUT2D eigenvalue weighted by molar-refractivity contribution is 5.98. The Labute approximate surface area is 101 Å². The number of hydrogen-bond acceptors (Lipinski definition) is 5. The van der Waals surface area contributed by atoms with E-state index in [1.807, 2.05) is 0 Å². The largest absolute Gasteiger partial charge is 0.493 e. The van der Waals surface area contributed by atoms with Crippen LogP contribution >= 0.6 is 0 Å². The van der Waals surface area contributed by atoms with Gasteiger partial charge >= 0.3 is 0 Å². The van der Waals surface area contributed by atoms with E-state index in [9.17, 15) is 0 Å². The molecule has 0 aliphatic carbocycles. The Kier molecular flexibility index (Phi) is 5.29. The van der Waals surface area contributed by atoms with Gasteiger partial charge in [-0.15, -0.1) is 0 Å². The molecule has 0 unspecified atom stereocenters. The van der Waals surface area contributed by atoms with Gasteiger partial charge in [0, 0.05) is 12.7 Å². The van der Waals surface area contributed by atoms with Crippen LogP contribution < -0.4 is 9.47 Å². The summed E-state index contributed by atoms with van der Waals surface area (Å²) in [5.74, 6) is 1.24. The molecule has 1 aromatic carbocycles. The van der Waals surface area contributed by atoms with E-state index < -0.39 is 0 Å². The van der Waals surface area contributed by atoms with E-state index in [2.05, 4.69) is 5.16 Å². The highest BCUT2D eigenvalue weighted by atomic mass is 16.5. The van der Waals surface area contributed by atoms with Gasteiger partial charge in [-0.1, -0.05) is 5.16 Å². The molecule has 0 heterocycles. The van der Waals surface area contributed by atoms with Crippen molar-refractivity contribution in [3.8, 4) is 11.5 Å². The van der Waals surface area contributed by atoms with Gasteiger partial charge in [-0.3, -0.25) is 0 Å². The van der Waals surface area contributed by atoms with Crippen LogP contribution in [0.5, 0.6) is 11.5 Å².